The molecule has 0 radical (unpaired) electrons. The molecule has 1 unspecified atom stereocenters. The number of aromatic nitrogens is 1. The highest BCUT2D eigenvalue weighted by molar-refractivity contribution is 7.98. The van der Waals surface area contributed by atoms with E-state index < -0.39 is 16.9 Å². The average molecular weight is 574 g/mol. The zero-order valence-corrected chi connectivity index (χ0v) is 23.2. The van der Waals surface area contributed by atoms with Crippen LogP contribution in [0.25, 0.3) is 17.4 Å². The Kier molecular flexibility index (Phi) is 7.67. The van der Waals surface area contributed by atoms with Gasteiger partial charge in [-0.2, -0.15) is 0 Å². The zero-order chi connectivity index (χ0) is 28.4. The molecule has 11 heteroatoms. The van der Waals surface area contributed by atoms with Crippen molar-refractivity contribution in [3.63, 3.8) is 0 Å². The van der Waals surface area contributed by atoms with Crippen LogP contribution in [-0.2, 0) is 9.53 Å². The third-order valence-electron chi connectivity index (χ3n) is 6.27. The Morgan fingerprint density at radius 3 is 2.67 bits per heavy atom. The first kappa shape index (κ1) is 27.1. The van der Waals surface area contributed by atoms with Crippen molar-refractivity contribution in [1.29, 1.82) is 0 Å². The maximum absolute atomic E-state index is 13.8. The number of para-hydroxylation sites is 1. The van der Waals surface area contributed by atoms with E-state index >= 15 is 0 Å². The number of nitro groups is 1. The summed E-state index contributed by atoms with van der Waals surface area (Å²) < 4.78 is 13.1. The Bertz CT molecular complexity index is 1850. The average Bonchev–Trinajstić information content (AvgIpc) is 3.55. The molecule has 202 valence electrons. The first-order valence-electron chi connectivity index (χ1n) is 12.1. The van der Waals surface area contributed by atoms with Crippen LogP contribution in [-0.4, -0.2) is 28.3 Å². The van der Waals surface area contributed by atoms with Crippen molar-refractivity contribution in [2.45, 2.75) is 17.9 Å². The fourth-order valence-electron chi connectivity index (χ4n) is 4.44. The number of hydrogen-bond acceptors (Lipinski definition) is 9. The van der Waals surface area contributed by atoms with Crippen LogP contribution in [0.15, 0.2) is 104 Å². The van der Waals surface area contributed by atoms with Crippen LogP contribution in [0.5, 0.6) is 0 Å². The lowest BCUT2D eigenvalue weighted by Crippen LogP contribution is -2.39. The number of ether oxygens (including phenoxy) is 1. The van der Waals surface area contributed by atoms with Crippen LogP contribution in [0, 0.1) is 10.1 Å². The van der Waals surface area contributed by atoms with Crippen LogP contribution in [0.2, 0.25) is 0 Å². The van der Waals surface area contributed by atoms with Gasteiger partial charge in [0.05, 0.1) is 32.3 Å². The number of esters is 1. The summed E-state index contributed by atoms with van der Waals surface area (Å²) in [5, 5.41) is 11.5. The molecular formula is C29H23N3O6S2. The van der Waals surface area contributed by atoms with Gasteiger partial charge in [-0.15, -0.1) is 11.8 Å². The molecule has 0 saturated carbocycles. The van der Waals surface area contributed by atoms with E-state index in [2.05, 4.69) is 11.6 Å². The molecule has 0 spiro atoms. The van der Waals surface area contributed by atoms with Crippen molar-refractivity contribution in [3.05, 3.63) is 126 Å². The lowest BCUT2D eigenvalue weighted by Gasteiger charge is -2.24. The Morgan fingerprint density at radius 2 is 1.98 bits per heavy atom. The normalized spacial score (nSPS) is 14.9. The second-order valence-electron chi connectivity index (χ2n) is 8.72. The number of carbonyl (C=O) groups is 1. The Labute approximate surface area is 236 Å². The number of benzene rings is 2. The third kappa shape index (κ3) is 5.08. The number of thiazole rings is 1. The summed E-state index contributed by atoms with van der Waals surface area (Å²) in [7, 11) is 0. The summed E-state index contributed by atoms with van der Waals surface area (Å²) in [6.45, 7) is 5.35. The van der Waals surface area contributed by atoms with Crippen LogP contribution in [0.4, 0.5) is 5.69 Å². The van der Waals surface area contributed by atoms with Gasteiger partial charge < -0.3 is 9.15 Å². The minimum Gasteiger partial charge on any atom is -0.458 e. The van der Waals surface area contributed by atoms with Gasteiger partial charge in [0, 0.05) is 17.0 Å². The monoisotopic (exact) mass is 573 g/mol. The summed E-state index contributed by atoms with van der Waals surface area (Å²) >= 11 is 2.75. The van der Waals surface area contributed by atoms with Gasteiger partial charge in [-0.05, 0) is 49.1 Å². The van der Waals surface area contributed by atoms with E-state index in [9.17, 15) is 19.7 Å². The molecular weight excluding hydrogens is 550 g/mol. The molecule has 1 aliphatic heterocycles. The number of nitrogens with zero attached hydrogens (tertiary/aromatic N) is 3. The minimum absolute atomic E-state index is 0.0264. The predicted molar refractivity (Wildman–Crippen MR) is 154 cm³/mol. The standard InChI is InChI=1S/C29H23N3O6S2/c1-4-15-37-28(34)25-17(2)30-29-31(26(25)18-9-12-20(39-3)13-10-18)27(33)24(40-29)16-19-11-14-23(38-19)21-7-5-6-8-22(21)32(35)36/h4-14,16,26H,1,15H2,2-3H3. The molecule has 2 aromatic carbocycles. The molecule has 40 heavy (non-hydrogen) atoms. The molecule has 0 N–H and O–H groups in total. The molecule has 4 aromatic rings. The predicted octanol–water partition coefficient (Wildman–Crippen LogP) is 4.85. The SMILES string of the molecule is C=CCOC(=O)C1=C(C)N=c2sc(=Cc3ccc(-c4ccccc4[N+](=O)[O-])o3)c(=O)n2C1c1ccc(SC)cc1. The molecule has 0 saturated heterocycles. The Morgan fingerprint density at radius 1 is 1.23 bits per heavy atom. The lowest BCUT2D eigenvalue weighted by molar-refractivity contribution is -0.384. The van der Waals surface area contributed by atoms with Crippen molar-refractivity contribution in [3.8, 4) is 11.3 Å². The van der Waals surface area contributed by atoms with Crippen molar-refractivity contribution in [1.82, 2.24) is 4.57 Å². The minimum atomic E-state index is -0.745. The lowest BCUT2D eigenvalue weighted by atomic mass is 9.96. The molecule has 9 nitrogen and oxygen atoms in total. The van der Waals surface area contributed by atoms with Gasteiger partial charge in [0.2, 0.25) is 0 Å². The topological polar surface area (TPSA) is 117 Å². The maximum atomic E-state index is 13.8. The molecule has 1 aliphatic rings. The van der Waals surface area contributed by atoms with Gasteiger partial charge in [0.15, 0.2) is 4.80 Å². The number of hydrogen-bond donors (Lipinski definition) is 0. The smallest absolute Gasteiger partial charge is 0.338 e. The first-order chi connectivity index (χ1) is 19.3. The molecule has 5 rings (SSSR count). The number of allylic oxidation sites excluding steroid dienone is 1. The van der Waals surface area contributed by atoms with Crippen LogP contribution in [0.1, 0.15) is 24.3 Å². The fourth-order valence-corrected chi connectivity index (χ4v) is 5.88. The molecule has 0 amide bonds. The summed E-state index contributed by atoms with van der Waals surface area (Å²) in [6.07, 6.45) is 5.02. The van der Waals surface area contributed by atoms with Crippen molar-refractivity contribution < 1.29 is 18.9 Å². The van der Waals surface area contributed by atoms with Gasteiger partial charge in [-0.25, -0.2) is 9.79 Å². The largest absolute Gasteiger partial charge is 0.458 e. The van der Waals surface area contributed by atoms with Crippen molar-refractivity contribution in [2.75, 3.05) is 12.9 Å². The molecule has 0 fully saturated rings. The second kappa shape index (κ2) is 11.3. The van der Waals surface area contributed by atoms with Gasteiger partial charge in [-0.3, -0.25) is 19.5 Å². The van der Waals surface area contributed by atoms with Gasteiger partial charge in [-0.1, -0.05) is 48.3 Å². The highest BCUT2D eigenvalue weighted by Gasteiger charge is 2.33. The van der Waals surface area contributed by atoms with E-state index in [-0.39, 0.29) is 23.4 Å². The molecule has 3 heterocycles. The molecule has 2 aromatic heterocycles. The number of carbonyl (C=O) groups excluding carboxylic acids is 1. The summed E-state index contributed by atoms with van der Waals surface area (Å²) in [4.78, 5) is 44.0. The molecule has 0 bridgehead atoms. The maximum Gasteiger partial charge on any atom is 0.338 e. The number of rotatable bonds is 8. The number of nitro benzene ring substituents is 1. The van der Waals surface area contributed by atoms with E-state index in [0.29, 0.717) is 32.1 Å². The Balaban J connectivity index is 1.62. The van der Waals surface area contributed by atoms with E-state index in [0.717, 1.165) is 21.8 Å². The van der Waals surface area contributed by atoms with Gasteiger partial charge in [0.1, 0.15) is 18.1 Å². The number of thioether (sulfide) groups is 1. The van der Waals surface area contributed by atoms with Crippen LogP contribution < -0.4 is 14.9 Å². The van der Waals surface area contributed by atoms with E-state index in [1.165, 1.54) is 16.7 Å². The highest BCUT2D eigenvalue weighted by Crippen LogP contribution is 2.33. The van der Waals surface area contributed by atoms with Crippen molar-refractivity contribution >= 4 is 40.8 Å². The first-order valence-corrected chi connectivity index (χ1v) is 14.1. The van der Waals surface area contributed by atoms with Gasteiger partial charge >= 0.3 is 5.97 Å². The number of furan rings is 1. The van der Waals surface area contributed by atoms with Gasteiger partial charge in [0.25, 0.3) is 11.2 Å². The molecule has 0 aliphatic carbocycles. The summed E-state index contributed by atoms with van der Waals surface area (Å²) in [6, 6.07) is 16.5. The third-order valence-corrected chi connectivity index (χ3v) is 8.00. The Hall–Kier alpha value is -4.48. The van der Waals surface area contributed by atoms with E-state index in [1.54, 1.807) is 55.1 Å². The van der Waals surface area contributed by atoms with E-state index in [1.807, 2.05) is 30.5 Å². The van der Waals surface area contributed by atoms with Crippen LogP contribution >= 0.6 is 23.1 Å². The zero-order valence-electron chi connectivity index (χ0n) is 21.5. The number of fused-ring (bicyclic) bond motifs is 1. The van der Waals surface area contributed by atoms with Crippen molar-refractivity contribution in [2.24, 2.45) is 4.99 Å². The van der Waals surface area contributed by atoms with Crippen LogP contribution in [0.3, 0.4) is 0 Å². The summed E-state index contributed by atoms with van der Waals surface area (Å²) in [5.41, 5.74) is 1.36. The summed E-state index contributed by atoms with van der Waals surface area (Å²) in [5.74, 6) is 0.0799. The highest BCUT2D eigenvalue weighted by atomic mass is 32.2. The fraction of sp³-hybridized carbons (Fsp3) is 0.138. The quantitative estimate of drug-likeness (QED) is 0.0972. The van der Waals surface area contributed by atoms with E-state index in [4.69, 9.17) is 9.15 Å². The second-order valence-corrected chi connectivity index (χ2v) is 10.6. The molecule has 1 atom stereocenters.